The van der Waals surface area contributed by atoms with Crippen LogP contribution in [0.4, 0.5) is 0 Å². The van der Waals surface area contributed by atoms with Crippen molar-refractivity contribution >= 4 is 15.7 Å². The minimum absolute atomic E-state index is 0.0492. The number of imidazole rings is 1. The first-order valence-electron chi connectivity index (χ1n) is 3.95. The molecule has 14 heavy (non-hydrogen) atoms. The Labute approximate surface area is 81.2 Å². The summed E-state index contributed by atoms with van der Waals surface area (Å²) in [6.45, 7) is 1.79. The molecule has 0 radical (unpaired) electrons. The zero-order chi connectivity index (χ0) is 10.3. The van der Waals surface area contributed by atoms with Crippen molar-refractivity contribution in [2.45, 2.75) is 11.8 Å². The van der Waals surface area contributed by atoms with Gasteiger partial charge in [0.05, 0.1) is 5.69 Å². The van der Waals surface area contributed by atoms with Crippen LogP contribution in [0, 0.1) is 6.92 Å². The molecule has 0 saturated carbocycles. The number of fused-ring (bicyclic) bond motifs is 1. The molecule has 2 heterocycles. The Hall–Kier alpha value is -1.40. The van der Waals surface area contributed by atoms with Crippen LogP contribution in [0.15, 0.2) is 29.4 Å². The summed E-state index contributed by atoms with van der Waals surface area (Å²) in [6.07, 6.45) is 3.47. The fraction of sp³-hybridized carbons (Fsp3) is 0.125. The molecule has 0 aromatic carbocycles. The number of hydrogen-bond acceptors (Lipinski definition) is 3. The Balaban J connectivity index is 2.90. The van der Waals surface area contributed by atoms with Gasteiger partial charge in [-0.25, -0.2) is 18.5 Å². The number of nitrogens with two attached hydrogens (primary N) is 1. The molecule has 0 fully saturated rings. The van der Waals surface area contributed by atoms with E-state index in [0.29, 0.717) is 5.65 Å². The number of hydrogen-bond donors (Lipinski definition) is 1. The second-order valence-corrected chi connectivity index (χ2v) is 4.56. The molecule has 2 aromatic heterocycles. The van der Waals surface area contributed by atoms with Gasteiger partial charge in [-0.05, 0) is 19.1 Å². The van der Waals surface area contributed by atoms with E-state index in [4.69, 9.17) is 5.14 Å². The lowest BCUT2D eigenvalue weighted by Gasteiger charge is -1.99. The normalized spacial score (nSPS) is 12.1. The standard InChI is InChI=1S/C8H9N3O2S/c1-6-5-11-4-2-3-7(8(11)10-6)14(9,12)13/h2-5H,1H3,(H2,9,12,13). The third kappa shape index (κ3) is 1.38. The summed E-state index contributed by atoms with van der Waals surface area (Å²) in [5, 5.41) is 5.05. The molecule has 0 aliphatic carbocycles. The zero-order valence-corrected chi connectivity index (χ0v) is 8.32. The van der Waals surface area contributed by atoms with Crippen LogP contribution in [-0.2, 0) is 10.0 Å². The van der Waals surface area contributed by atoms with Gasteiger partial charge in [-0.1, -0.05) is 0 Å². The van der Waals surface area contributed by atoms with Crippen molar-refractivity contribution in [1.82, 2.24) is 9.38 Å². The molecule has 2 aromatic rings. The minimum Gasteiger partial charge on any atom is -0.306 e. The average molecular weight is 211 g/mol. The first kappa shape index (κ1) is 9.17. The molecule has 0 aliphatic heterocycles. The van der Waals surface area contributed by atoms with Crippen LogP contribution >= 0.6 is 0 Å². The Morgan fingerprint density at radius 3 is 2.86 bits per heavy atom. The van der Waals surface area contributed by atoms with Crippen LogP contribution in [0.2, 0.25) is 0 Å². The molecule has 74 valence electrons. The van der Waals surface area contributed by atoms with E-state index in [1.165, 1.54) is 6.07 Å². The van der Waals surface area contributed by atoms with Gasteiger partial charge in [-0.15, -0.1) is 0 Å². The highest BCUT2D eigenvalue weighted by molar-refractivity contribution is 7.89. The molecule has 0 unspecified atom stereocenters. The molecule has 5 nitrogen and oxygen atoms in total. The summed E-state index contributed by atoms with van der Waals surface area (Å²) in [5.74, 6) is 0. The van der Waals surface area contributed by atoms with E-state index in [1.807, 2.05) is 0 Å². The van der Waals surface area contributed by atoms with E-state index in [0.717, 1.165) is 5.69 Å². The number of rotatable bonds is 1. The Bertz CT molecular complexity index is 586. The van der Waals surface area contributed by atoms with Crippen molar-refractivity contribution in [3.8, 4) is 0 Å². The van der Waals surface area contributed by atoms with Gasteiger partial charge in [0.15, 0.2) is 5.65 Å². The summed E-state index contributed by atoms with van der Waals surface area (Å²) in [6, 6.07) is 3.06. The second kappa shape index (κ2) is 2.79. The third-order valence-corrected chi connectivity index (χ3v) is 2.81. The van der Waals surface area contributed by atoms with Gasteiger partial charge in [0.2, 0.25) is 10.0 Å². The van der Waals surface area contributed by atoms with E-state index in [2.05, 4.69) is 4.98 Å². The highest BCUT2D eigenvalue weighted by Gasteiger charge is 2.13. The van der Waals surface area contributed by atoms with E-state index in [1.54, 1.807) is 29.8 Å². The summed E-state index contributed by atoms with van der Waals surface area (Å²) < 4.78 is 24.0. The van der Waals surface area contributed by atoms with Gasteiger partial charge >= 0.3 is 0 Å². The summed E-state index contributed by atoms with van der Waals surface area (Å²) >= 11 is 0. The van der Waals surface area contributed by atoms with E-state index >= 15 is 0 Å². The number of primary sulfonamides is 1. The Morgan fingerprint density at radius 1 is 1.50 bits per heavy atom. The molecule has 0 bridgehead atoms. The second-order valence-electron chi connectivity index (χ2n) is 3.03. The molecule has 0 spiro atoms. The largest absolute Gasteiger partial charge is 0.306 e. The maximum Gasteiger partial charge on any atom is 0.241 e. The van der Waals surface area contributed by atoms with Crippen LogP contribution in [0.1, 0.15) is 5.69 Å². The van der Waals surface area contributed by atoms with Crippen LogP contribution < -0.4 is 5.14 Å². The SMILES string of the molecule is Cc1cn2cccc(S(N)(=O)=O)c2n1. The Morgan fingerprint density at radius 2 is 2.21 bits per heavy atom. The van der Waals surface area contributed by atoms with Crippen molar-refractivity contribution in [2.24, 2.45) is 5.14 Å². The van der Waals surface area contributed by atoms with Gasteiger partial charge in [0.25, 0.3) is 0 Å². The molecule has 2 N–H and O–H groups in total. The molecular formula is C8H9N3O2S. The lowest BCUT2D eigenvalue weighted by molar-refractivity contribution is 0.598. The van der Waals surface area contributed by atoms with E-state index in [9.17, 15) is 8.42 Å². The Kier molecular flexibility index (Phi) is 1.83. The van der Waals surface area contributed by atoms with Gasteiger partial charge in [-0.2, -0.15) is 0 Å². The molecule has 0 saturated heterocycles. The highest BCUT2D eigenvalue weighted by atomic mass is 32.2. The first-order chi connectivity index (χ1) is 6.48. The summed E-state index contributed by atoms with van der Waals surface area (Å²) in [4.78, 5) is 4.13. The number of pyridine rings is 1. The van der Waals surface area contributed by atoms with Crippen molar-refractivity contribution in [2.75, 3.05) is 0 Å². The first-order valence-corrected chi connectivity index (χ1v) is 5.50. The molecule has 0 aliphatic rings. The predicted molar refractivity (Wildman–Crippen MR) is 51.3 cm³/mol. The van der Waals surface area contributed by atoms with Crippen LogP contribution in [0.3, 0.4) is 0 Å². The van der Waals surface area contributed by atoms with Crippen LogP contribution in [-0.4, -0.2) is 17.8 Å². The van der Waals surface area contributed by atoms with Gasteiger partial charge in [0, 0.05) is 12.4 Å². The van der Waals surface area contributed by atoms with Gasteiger partial charge in [0.1, 0.15) is 4.90 Å². The summed E-state index contributed by atoms with van der Waals surface area (Å²) in [7, 11) is -3.70. The van der Waals surface area contributed by atoms with Crippen molar-refractivity contribution in [1.29, 1.82) is 0 Å². The topological polar surface area (TPSA) is 77.5 Å². The van der Waals surface area contributed by atoms with E-state index in [-0.39, 0.29) is 4.90 Å². The molecule has 0 amide bonds. The molecular weight excluding hydrogens is 202 g/mol. The lowest BCUT2D eigenvalue weighted by atomic mass is 10.5. The quantitative estimate of drug-likeness (QED) is 0.736. The molecule has 6 heteroatoms. The molecule has 2 rings (SSSR count). The van der Waals surface area contributed by atoms with Crippen molar-refractivity contribution < 1.29 is 8.42 Å². The van der Waals surface area contributed by atoms with Gasteiger partial charge < -0.3 is 4.40 Å². The average Bonchev–Trinajstić information content (AvgIpc) is 2.41. The number of nitrogens with zero attached hydrogens (tertiary/aromatic N) is 2. The van der Waals surface area contributed by atoms with Crippen molar-refractivity contribution in [3.63, 3.8) is 0 Å². The van der Waals surface area contributed by atoms with Gasteiger partial charge in [-0.3, -0.25) is 0 Å². The van der Waals surface area contributed by atoms with Crippen LogP contribution in [0.25, 0.3) is 5.65 Å². The highest BCUT2D eigenvalue weighted by Crippen LogP contribution is 2.14. The fourth-order valence-corrected chi connectivity index (χ4v) is 2.01. The predicted octanol–water partition coefficient (Wildman–Crippen LogP) is 0.290. The maximum absolute atomic E-state index is 11.2. The summed E-state index contributed by atoms with van der Waals surface area (Å²) in [5.41, 5.74) is 1.12. The lowest BCUT2D eigenvalue weighted by Crippen LogP contribution is -2.13. The minimum atomic E-state index is -3.70. The third-order valence-electron chi connectivity index (χ3n) is 1.87. The molecule has 0 atom stereocenters. The zero-order valence-electron chi connectivity index (χ0n) is 7.51. The van der Waals surface area contributed by atoms with E-state index < -0.39 is 10.0 Å². The van der Waals surface area contributed by atoms with Crippen LogP contribution in [0.5, 0.6) is 0 Å². The smallest absolute Gasteiger partial charge is 0.241 e. The van der Waals surface area contributed by atoms with Crippen molar-refractivity contribution in [3.05, 3.63) is 30.2 Å². The number of sulfonamides is 1. The maximum atomic E-state index is 11.2. The fourth-order valence-electron chi connectivity index (χ4n) is 1.33. The number of aromatic nitrogens is 2. The number of aryl methyl sites for hydroxylation is 1. The monoisotopic (exact) mass is 211 g/mol.